The van der Waals surface area contributed by atoms with E-state index in [1.807, 2.05) is 0 Å². The van der Waals surface area contributed by atoms with Crippen LogP contribution in [0, 0.1) is 0 Å². The quantitative estimate of drug-likeness (QED) is 0.615. The molecular weight excluding hydrogens is 152 g/mol. The van der Waals surface area contributed by atoms with Crippen LogP contribution in [0.4, 0.5) is 0 Å². The zero-order chi connectivity index (χ0) is 8.81. The summed E-state index contributed by atoms with van der Waals surface area (Å²) in [5, 5.41) is 3.17. The Balaban J connectivity index is 2.17. The van der Waals surface area contributed by atoms with Gasteiger partial charge in [-0.3, -0.25) is 4.79 Å². The van der Waals surface area contributed by atoms with E-state index < -0.39 is 5.91 Å². The first-order valence-electron chi connectivity index (χ1n) is 4.51. The van der Waals surface area contributed by atoms with Crippen LogP contribution in [0.25, 0.3) is 0 Å². The van der Waals surface area contributed by atoms with Crippen molar-refractivity contribution in [1.82, 2.24) is 5.32 Å². The lowest BCUT2D eigenvalue weighted by molar-refractivity contribution is -0.113. The summed E-state index contributed by atoms with van der Waals surface area (Å²) in [7, 11) is 0. The standard InChI is InChI=1S/C9H16N2O/c10-9(12)6-7-11-8-4-2-1-3-5-8/h6-8,11H,1-5H2,(H2,10,12). The molecule has 0 heterocycles. The molecule has 0 radical (unpaired) electrons. The third kappa shape index (κ3) is 3.42. The molecule has 0 aromatic heterocycles. The third-order valence-corrected chi connectivity index (χ3v) is 2.18. The van der Waals surface area contributed by atoms with Gasteiger partial charge in [-0.05, 0) is 12.8 Å². The van der Waals surface area contributed by atoms with E-state index in [1.54, 1.807) is 6.20 Å². The monoisotopic (exact) mass is 168 g/mol. The molecule has 1 saturated carbocycles. The van der Waals surface area contributed by atoms with Crippen LogP contribution in [0.1, 0.15) is 32.1 Å². The molecule has 0 unspecified atom stereocenters. The van der Waals surface area contributed by atoms with Gasteiger partial charge in [-0.15, -0.1) is 0 Å². The van der Waals surface area contributed by atoms with Gasteiger partial charge in [-0.2, -0.15) is 0 Å². The topological polar surface area (TPSA) is 55.1 Å². The van der Waals surface area contributed by atoms with Gasteiger partial charge >= 0.3 is 0 Å². The van der Waals surface area contributed by atoms with Crippen molar-refractivity contribution < 1.29 is 4.79 Å². The van der Waals surface area contributed by atoms with Crippen molar-refractivity contribution in [3.05, 3.63) is 12.3 Å². The molecule has 3 heteroatoms. The van der Waals surface area contributed by atoms with Crippen LogP contribution in [0.3, 0.4) is 0 Å². The lowest BCUT2D eigenvalue weighted by atomic mass is 9.96. The maximum Gasteiger partial charge on any atom is 0.242 e. The van der Waals surface area contributed by atoms with Crippen LogP contribution < -0.4 is 11.1 Å². The Morgan fingerprint density at radius 2 is 2.00 bits per heavy atom. The molecule has 12 heavy (non-hydrogen) atoms. The highest BCUT2D eigenvalue weighted by Crippen LogP contribution is 2.16. The number of hydrogen-bond acceptors (Lipinski definition) is 2. The molecule has 3 nitrogen and oxygen atoms in total. The minimum Gasteiger partial charge on any atom is -0.388 e. The molecule has 0 spiro atoms. The summed E-state index contributed by atoms with van der Waals surface area (Å²) in [5.41, 5.74) is 4.94. The number of nitrogens with one attached hydrogen (secondary N) is 1. The van der Waals surface area contributed by atoms with Gasteiger partial charge in [-0.25, -0.2) is 0 Å². The molecule has 1 amide bonds. The SMILES string of the molecule is NC(=O)C=CNC1CCCCC1. The molecule has 3 N–H and O–H groups in total. The normalized spacial score (nSPS) is 19.7. The van der Waals surface area contributed by atoms with E-state index >= 15 is 0 Å². The summed E-state index contributed by atoms with van der Waals surface area (Å²) in [6.45, 7) is 0. The first-order valence-corrected chi connectivity index (χ1v) is 4.51. The minimum atomic E-state index is -0.390. The average molecular weight is 168 g/mol. The second kappa shape index (κ2) is 4.80. The van der Waals surface area contributed by atoms with Gasteiger partial charge in [0.1, 0.15) is 0 Å². The molecule has 1 aliphatic carbocycles. The summed E-state index contributed by atoms with van der Waals surface area (Å²) in [6, 6.07) is 0.550. The second-order valence-electron chi connectivity index (χ2n) is 3.24. The van der Waals surface area contributed by atoms with Crippen LogP contribution in [-0.4, -0.2) is 11.9 Å². The molecule has 0 bridgehead atoms. The van der Waals surface area contributed by atoms with Gasteiger partial charge in [0.25, 0.3) is 0 Å². The average Bonchev–Trinajstić information content (AvgIpc) is 2.05. The number of nitrogens with two attached hydrogens (primary N) is 1. The smallest absolute Gasteiger partial charge is 0.242 e. The van der Waals surface area contributed by atoms with Gasteiger partial charge in [0.2, 0.25) is 5.91 Å². The molecule has 0 aliphatic heterocycles. The molecule has 0 aromatic carbocycles. The zero-order valence-corrected chi connectivity index (χ0v) is 7.25. The van der Waals surface area contributed by atoms with Crippen LogP contribution in [0.2, 0.25) is 0 Å². The first kappa shape index (κ1) is 9.10. The number of primary amides is 1. The van der Waals surface area contributed by atoms with Crippen molar-refractivity contribution >= 4 is 5.91 Å². The van der Waals surface area contributed by atoms with Crippen LogP contribution in [0.15, 0.2) is 12.3 Å². The number of carbonyl (C=O) groups is 1. The zero-order valence-electron chi connectivity index (χ0n) is 7.25. The van der Waals surface area contributed by atoms with E-state index in [1.165, 1.54) is 38.2 Å². The summed E-state index contributed by atoms with van der Waals surface area (Å²) in [4.78, 5) is 10.3. The number of hydrogen-bond donors (Lipinski definition) is 2. The van der Waals surface area contributed by atoms with Crippen molar-refractivity contribution in [1.29, 1.82) is 0 Å². The lowest BCUT2D eigenvalue weighted by Crippen LogP contribution is -2.26. The third-order valence-electron chi connectivity index (χ3n) is 2.18. The summed E-state index contributed by atoms with van der Waals surface area (Å²) in [5.74, 6) is -0.390. The van der Waals surface area contributed by atoms with E-state index in [2.05, 4.69) is 5.32 Å². The second-order valence-corrected chi connectivity index (χ2v) is 3.24. The maximum absolute atomic E-state index is 10.3. The Morgan fingerprint density at radius 3 is 2.58 bits per heavy atom. The Bertz CT molecular complexity index is 171. The first-order chi connectivity index (χ1) is 5.79. The number of carbonyl (C=O) groups excluding carboxylic acids is 1. The van der Waals surface area contributed by atoms with E-state index in [4.69, 9.17) is 5.73 Å². The molecule has 0 atom stereocenters. The van der Waals surface area contributed by atoms with Crippen LogP contribution in [-0.2, 0) is 4.79 Å². The van der Waals surface area contributed by atoms with Gasteiger partial charge in [0.15, 0.2) is 0 Å². The molecule has 1 rings (SSSR count). The molecular formula is C9H16N2O. The summed E-state index contributed by atoms with van der Waals surface area (Å²) >= 11 is 0. The lowest BCUT2D eigenvalue weighted by Gasteiger charge is -2.21. The van der Waals surface area contributed by atoms with Crippen molar-refractivity contribution in [2.75, 3.05) is 0 Å². The van der Waals surface area contributed by atoms with Crippen LogP contribution >= 0.6 is 0 Å². The Labute approximate surface area is 73.0 Å². The van der Waals surface area contributed by atoms with Crippen molar-refractivity contribution in [2.45, 2.75) is 38.1 Å². The molecule has 0 saturated heterocycles. The van der Waals surface area contributed by atoms with E-state index in [-0.39, 0.29) is 0 Å². The van der Waals surface area contributed by atoms with E-state index in [0.717, 1.165) is 0 Å². The van der Waals surface area contributed by atoms with Gasteiger partial charge < -0.3 is 11.1 Å². The molecule has 68 valence electrons. The Hall–Kier alpha value is -0.990. The van der Waals surface area contributed by atoms with Crippen molar-refractivity contribution in [2.24, 2.45) is 5.73 Å². The largest absolute Gasteiger partial charge is 0.388 e. The molecule has 1 aliphatic rings. The van der Waals surface area contributed by atoms with Gasteiger partial charge in [0.05, 0.1) is 0 Å². The van der Waals surface area contributed by atoms with E-state index in [0.29, 0.717) is 6.04 Å². The molecule has 0 aromatic rings. The fraction of sp³-hybridized carbons (Fsp3) is 0.667. The summed E-state index contributed by atoms with van der Waals surface area (Å²) < 4.78 is 0. The Kier molecular flexibility index (Phi) is 3.64. The highest BCUT2D eigenvalue weighted by molar-refractivity contribution is 5.85. The predicted octanol–water partition coefficient (Wildman–Crippen LogP) is 0.908. The minimum absolute atomic E-state index is 0.390. The maximum atomic E-state index is 10.3. The van der Waals surface area contributed by atoms with Crippen molar-refractivity contribution in [3.8, 4) is 0 Å². The Morgan fingerprint density at radius 1 is 1.33 bits per heavy atom. The fourth-order valence-electron chi connectivity index (χ4n) is 1.54. The van der Waals surface area contributed by atoms with Gasteiger partial charge in [0, 0.05) is 18.3 Å². The predicted molar refractivity (Wildman–Crippen MR) is 48.3 cm³/mol. The fourth-order valence-corrected chi connectivity index (χ4v) is 1.54. The number of amides is 1. The summed E-state index contributed by atoms with van der Waals surface area (Å²) in [6.07, 6.45) is 9.39. The van der Waals surface area contributed by atoms with Crippen molar-refractivity contribution in [3.63, 3.8) is 0 Å². The van der Waals surface area contributed by atoms with Crippen LogP contribution in [0.5, 0.6) is 0 Å². The van der Waals surface area contributed by atoms with E-state index in [9.17, 15) is 4.79 Å². The highest BCUT2D eigenvalue weighted by atomic mass is 16.1. The van der Waals surface area contributed by atoms with Gasteiger partial charge in [-0.1, -0.05) is 19.3 Å². The number of rotatable bonds is 3. The molecule has 1 fully saturated rings. The highest BCUT2D eigenvalue weighted by Gasteiger charge is 2.10.